The third-order valence-corrected chi connectivity index (χ3v) is 2.05. The fraction of sp³-hybridized carbons (Fsp3) is 0.429. The second-order valence-electron chi connectivity index (χ2n) is 2.35. The molecule has 0 bridgehead atoms. The molecule has 1 rings (SSSR count). The quantitative estimate of drug-likeness (QED) is 0.244. The van der Waals surface area contributed by atoms with Crippen molar-refractivity contribution in [3.05, 3.63) is 28.4 Å². The van der Waals surface area contributed by atoms with Crippen molar-refractivity contribution in [2.75, 3.05) is 6.26 Å². The zero-order valence-electron chi connectivity index (χ0n) is 7.38. The van der Waals surface area contributed by atoms with Crippen LogP contribution in [-0.4, -0.2) is 16.2 Å². The van der Waals surface area contributed by atoms with E-state index < -0.39 is 0 Å². The van der Waals surface area contributed by atoms with Crippen LogP contribution >= 0.6 is 11.8 Å². The molecule has 0 amide bonds. The Hall–Kier alpha value is -1.26. The molecule has 0 spiro atoms. The van der Waals surface area contributed by atoms with Crippen LogP contribution in [0, 0.1) is 0 Å². The molecule has 1 heterocycles. The largest absolute Gasteiger partial charge is 0.231 e. The summed E-state index contributed by atoms with van der Waals surface area (Å²) < 4.78 is 0. The maximum absolute atomic E-state index is 8.23. The Morgan fingerprint density at radius 2 is 2.46 bits per heavy atom. The van der Waals surface area contributed by atoms with Crippen LogP contribution in [0.15, 0.2) is 22.5 Å². The molecule has 0 saturated heterocycles. The number of nitrogens with zero attached hydrogens (tertiary/aromatic N) is 5. The molecule has 0 saturated carbocycles. The van der Waals surface area contributed by atoms with Gasteiger partial charge in [0, 0.05) is 11.1 Å². The molecule has 6 heteroatoms. The number of rotatable bonds is 3. The van der Waals surface area contributed by atoms with Crippen LogP contribution in [-0.2, 0) is 0 Å². The fourth-order valence-electron chi connectivity index (χ4n) is 0.822. The Kier molecular flexibility index (Phi) is 3.54. The van der Waals surface area contributed by atoms with Crippen LogP contribution in [0.3, 0.4) is 0 Å². The summed E-state index contributed by atoms with van der Waals surface area (Å²) in [5, 5.41) is 4.24. The third-order valence-electron chi connectivity index (χ3n) is 1.49. The van der Waals surface area contributed by atoms with Gasteiger partial charge in [0.25, 0.3) is 0 Å². The molecule has 0 aromatic carbocycles. The van der Waals surface area contributed by atoms with Crippen molar-refractivity contribution < 1.29 is 0 Å². The van der Waals surface area contributed by atoms with Crippen molar-refractivity contribution in [1.82, 2.24) is 9.97 Å². The van der Waals surface area contributed by atoms with Crippen LogP contribution in [0.25, 0.3) is 10.4 Å². The number of hydrogen-bond donors (Lipinski definition) is 0. The molecule has 13 heavy (non-hydrogen) atoms. The minimum atomic E-state index is -0.237. The predicted molar refractivity (Wildman–Crippen MR) is 51.4 cm³/mol. The van der Waals surface area contributed by atoms with Crippen LogP contribution in [0.4, 0.5) is 0 Å². The molecule has 0 aliphatic carbocycles. The summed E-state index contributed by atoms with van der Waals surface area (Å²) in [5.74, 6) is 0. The second kappa shape index (κ2) is 4.69. The van der Waals surface area contributed by atoms with Crippen molar-refractivity contribution >= 4 is 11.8 Å². The smallest absolute Gasteiger partial charge is 0.187 e. The molecule has 0 N–H and O–H groups in total. The van der Waals surface area contributed by atoms with Gasteiger partial charge >= 0.3 is 0 Å². The van der Waals surface area contributed by atoms with Gasteiger partial charge in [-0.05, 0) is 17.9 Å². The average Bonchev–Trinajstić information content (AvgIpc) is 2.18. The lowest BCUT2D eigenvalue weighted by Crippen LogP contribution is -1.95. The summed E-state index contributed by atoms with van der Waals surface area (Å²) in [5.41, 5.74) is 8.98. The highest BCUT2D eigenvalue weighted by atomic mass is 32.2. The van der Waals surface area contributed by atoms with Gasteiger partial charge in [-0.1, -0.05) is 23.8 Å². The van der Waals surface area contributed by atoms with Gasteiger partial charge in [-0.25, -0.2) is 9.97 Å². The van der Waals surface area contributed by atoms with Gasteiger partial charge in [-0.15, -0.1) is 0 Å². The van der Waals surface area contributed by atoms with E-state index in [0.717, 1.165) is 5.69 Å². The van der Waals surface area contributed by atoms with Gasteiger partial charge in [0.1, 0.15) is 0 Å². The lowest BCUT2D eigenvalue weighted by molar-refractivity contribution is 0.741. The summed E-state index contributed by atoms with van der Waals surface area (Å²) in [6, 6.07) is 1.51. The molecular weight excluding hydrogens is 186 g/mol. The Bertz CT molecular complexity index is 333. The molecule has 1 aromatic heterocycles. The van der Waals surface area contributed by atoms with Gasteiger partial charge in [0.05, 0.1) is 11.7 Å². The maximum Gasteiger partial charge on any atom is 0.187 e. The fourth-order valence-corrected chi connectivity index (χ4v) is 1.18. The molecule has 5 nitrogen and oxygen atoms in total. The normalized spacial score (nSPS) is 11.8. The Balaban J connectivity index is 2.94. The van der Waals surface area contributed by atoms with Gasteiger partial charge in [-0.3, -0.25) is 0 Å². The highest BCUT2D eigenvalue weighted by Gasteiger charge is 2.04. The van der Waals surface area contributed by atoms with E-state index in [2.05, 4.69) is 20.0 Å². The summed E-state index contributed by atoms with van der Waals surface area (Å²) >= 11 is 1.46. The van der Waals surface area contributed by atoms with E-state index in [1.165, 1.54) is 11.8 Å². The van der Waals surface area contributed by atoms with Crippen LogP contribution in [0.1, 0.15) is 18.7 Å². The number of hydrogen-bond acceptors (Lipinski definition) is 4. The minimum absolute atomic E-state index is 0.237. The van der Waals surface area contributed by atoms with Crippen molar-refractivity contribution in [3.63, 3.8) is 0 Å². The van der Waals surface area contributed by atoms with Gasteiger partial charge in [0.2, 0.25) is 0 Å². The first-order chi connectivity index (χ1) is 6.27. The highest BCUT2D eigenvalue weighted by molar-refractivity contribution is 7.98. The molecule has 1 unspecified atom stereocenters. The zero-order valence-corrected chi connectivity index (χ0v) is 8.19. The van der Waals surface area contributed by atoms with E-state index in [1.54, 1.807) is 19.2 Å². The lowest BCUT2D eigenvalue weighted by atomic mass is 10.2. The van der Waals surface area contributed by atoms with E-state index in [1.807, 2.05) is 6.26 Å². The van der Waals surface area contributed by atoms with E-state index in [9.17, 15) is 0 Å². The lowest BCUT2D eigenvalue weighted by Gasteiger charge is -2.03. The first kappa shape index (κ1) is 9.83. The van der Waals surface area contributed by atoms with E-state index >= 15 is 0 Å². The average molecular weight is 195 g/mol. The van der Waals surface area contributed by atoms with Gasteiger partial charge < -0.3 is 0 Å². The van der Waals surface area contributed by atoms with Crippen LogP contribution in [0.5, 0.6) is 0 Å². The third kappa shape index (κ3) is 2.61. The molecular formula is C7H9N5S. The first-order valence-electron chi connectivity index (χ1n) is 3.69. The molecule has 0 fully saturated rings. The number of aromatic nitrogens is 2. The first-order valence-corrected chi connectivity index (χ1v) is 4.91. The van der Waals surface area contributed by atoms with Crippen molar-refractivity contribution in [3.8, 4) is 0 Å². The molecule has 1 aromatic rings. The van der Waals surface area contributed by atoms with E-state index in [-0.39, 0.29) is 6.04 Å². The standard InChI is InChI=1S/C7H9N5S/c1-5(11-12-8)6-3-4-9-7(10-6)13-2/h3-5H,1-2H3. The molecule has 0 radical (unpaired) electrons. The maximum atomic E-state index is 8.23. The van der Waals surface area contributed by atoms with Crippen LogP contribution in [0.2, 0.25) is 0 Å². The van der Waals surface area contributed by atoms with E-state index in [0.29, 0.717) is 5.16 Å². The SMILES string of the molecule is CSc1nccc(C(C)N=[N+]=[N-])n1. The Labute approximate surface area is 80.2 Å². The number of azide groups is 1. The summed E-state index contributed by atoms with van der Waals surface area (Å²) in [4.78, 5) is 10.9. The monoisotopic (exact) mass is 195 g/mol. The highest BCUT2D eigenvalue weighted by Crippen LogP contribution is 2.16. The molecule has 1 atom stereocenters. The Morgan fingerprint density at radius 1 is 1.69 bits per heavy atom. The summed E-state index contributed by atoms with van der Waals surface area (Å²) in [6.07, 6.45) is 3.56. The summed E-state index contributed by atoms with van der Waals surface area (Å²) in [7, 11) is 0. The second-order valence-corrected chi connectivity index (χ2v) is 3.12. The topological polar surface area (TPSA) is 74.5 Å². The van der Waals surface area contributed by atoms with Gasteiger partial charge in [0.15, 0.2) is 5.16 Å². The minimum Gasteiger partial charge on any atom is -0.231 e. The van der Waals surface area contributed by atoms with Crippen molar-refractivity contribution in [1.29, 1.82) is 0 Å². The van der Waals surface area contributed by atoms with Crippen molar-refractivity contribution in [2.45, 2.75) is 18.1 Å². The van der Waals surface area contributed by atoms with Gasteiger partial charge in [-0.2, -0.15) is 0 Å². The molecule has 0 aliphatic rings. The molecule has 68 valence electrons. The van der Waals surface area contributed by atoms with Crippen LogP contribution < -0.4 is 0 Å². The van der Waals surface area contributed by atoms with Crippen molar-refractivity contribution in [2.24, 2.45) is 5.11 Å². The molecule has 0 aliphatic heterocycles. The zero-order chi connectivity index (χ0) is 9.68. The predicted octanol–water partition coefficient (Wildman–Crippen LogP) is 2.57. The number of thioether (sulfide) groups is 1. The Morgan fingerprint density at radius 3 is 3.08 bits per heavy atom. The van der Waals surface area contributed by atoms with E-state index in [4.69, 9.17) is 5.53 Å². The summed E-state index contributed by atoms with van der Waals surface area (Å²) in [6.45, 7) is 1.80.